The topological polar surface area (TPSA) is 39.1 Å². The first-order valence-electron chi connectivity index (χ1n) is 10.0. The van der Waals surface area contributed by atoms with Crippen LogP contribution in [0.2, 0.25) is 10.0 Å². The standard InChI is InChI=1S/C23H25Cl2N3O/c1-15(2)22-14-23(27-28(22)17-7-8-19(24)20(25)13-17)29-12-10-21-18-6-4-3-5-16(18)9-11-26-21/h3-8,13-15,21,26H,9-12H2,1-2H3. The number of rotatable bonds is 6. The summed E-state index contributed by atoms with van der Waals surface area (Å²) < 4.78 is 7.93. The van der Waals surface area contributed by atoms with E-state index in [2.05, 4.69) is 48.5 Å². The van der Waals surface area contributed by atoms with Gasteiger partial charge in [-0.1, -0.05) is 61.3 Å². The van der Waals surface area contributed by atoms with Crippen LogP contribution < -0.4 is 10.1 Å². The van der Waals surface area contributed by atoms with Gasteiger partial charge in [0, 0.05) is 18.5 Å². The molecule has 152 valence electrons. The zero-order valence-corrected chi connectivity index (χ0v) is 18.2. The van der Waals surface area contributed by atoms with Gasteiger partial charge in [-0.3, -0.25) is 0 Å². The molecule has 0 saturated carbocycles. The van der Waals surface area contributed by atoms with E-state index in [9.17, 15) is 0 Å². The van der Waals surface area contributed by atoms with Gasteiger partial charge in [-0.2, -0.15) is 0 Å². The Balaban J connectivity index is 1.48. The molecular weight excluding hydrogens is 405 g/mol. The first-order valence-corrected chi connectivity index (χ1v) is 10.8. The van der Waals surface area contributed by atoms with Crippen molar-refractivity contribution in [1.82, 2.24) is 15.1 Å². The van der Waals surface area contributed by atoms with E-state index in [-0.39, 0.29) is 0 Å². The molecule has 1 N–H and O–H groups in total. The van der Waals surface area contributed by atoms with E-state index >= 15 is 0 Å². The molecule has 4 rings (SSSR count). The van der Waals surface area contributed by atoms with Crippen LogP contribution in [0.15, 0.2) is 48.5 Å². The predicted octanol–water partition coefficient (Wildman–Crippen LogP) is 5.96. The van der Waals surface area contributed by atoms with Crippen LogP contribution in [-0.4, -0.2) is 22.9 Å². The van der Waals surface area contributed by atoms with Crippen molar-refractivity contribution in [2.75, 3.05) is 13.2 Å². The number of nitrogens with zero attached hydrogens (tertiary/aromatic N) is 2. The zero-order chi connectivity index (χ0) is 20.4. The summed E-state index contributed by atoms with van der Waals surface area (Å²) in [6.07, 6.45) is 1.98. The normalized spacial score (nSPS) is 16.1. The van der Waals surface area contributed by atoms with Gasteiger partial charge >= 0.3 is 0 Å². The Labute approximate surface area is 181 Å². The first-order chi connectivity index (χ1) is 14.0. The minimum atomic E-state index is 0.293. The summed E-state index contributed by atoms with van der Waals surface area (Å²) in [5.41, 5.74) is 4.76. The predicted molar refractivity (Wildman–Crippen MR) is 119 cm³/mol. The highest BCUT2D eigenvalue weighted by Gasteiger charge is 2.20. The van der Waals surface area contributed by atoms with Crippen molar-refractivity contribution in [3.05, 3.63) is 75.4 Å². The van der Waals surface area contributed by atoms with Crippen molar-refractivity contribution < 1.29 is 4.74 Å². The van der Waals surface area contributed by atoms with Gasteiger partial charge in [0.15, 0.2) is 0 Å². The largest absolute Gasteiger partial charge is 0.477 e. The average Bonchev–Trinajstić information content (AvgIpc) is 3.15. The van der Waals surface area contributed by atoms with Crippen molar-refractivity contribution >= 4 is 23.2 Å². The molecule has 1 aromatic heterocycles. The highest BCUT2D eigenvalue weighted by atomic mass is 35.5. The number of benzene rings is 2. The molecule has 1 aliphatic heterocycles. The van der Waals surface area contributed by atoms with E-state index in [1.807, 2.05) is 22.9 Å². The fourth-order valence-corrected chi connectivity index (χ4v) is 4.10. The highest BCUT2D eigenvalue weighted by molar-refractivity contribution is 6.42. The fraction of sp³-hybridized carbons (Fsp3) is 0.348. The number of fused-ring (bicyclic) bond motifs is 1. The minimum Gasteiger partial charge on any atom is -0.477 e. The van der Waals surface area contributed by atoms with Gasteiger partial charge < -0.3 is 10.1 Å². The summed E-state index contributed by atoms with van der Waals surface area (Å²) in [6, 6.07) is 16.5. The quantitative estimate of drug-likeness (QED) is 0.525. The van der Waals surface area contributed by atoms with Crippen LogP contribution >= 0.6 is 23.2 Å². The molecule has 0 aliphatic carbocycles. The summed E-state index contributed by atoms with van der Waals surface area (Å²) >= 11 is 12.3. The maximum atomic E-state index is 6.20. The van der Waals surface area contributed by atoms with Gasteiger partial charge in [-0.05, 0) is 48.2 Å². The second-order valence-electron chi connectivity index (χ2n) is 7.67. The van der Waals surface area contributed by atoms with Crippen molar-refractivity contribution in [2.24, 2.45) is 0 Å². The smallest absolute Gasteiger partial charge is 0.233 e. The molecule has 2 heterocycles. The Bertz CT molecular complexity index is 1000. The van der Waals surface area contributed by atoms with E-state index in [0.29, 0.717) is 34.5 Å². The van der Waals surface area contributed by atoms with Crippen LogP contribution in [0.4, 0.5) is 0 Å². The van der Waals surface area contributed by atoms with Crippen LogP contribution in [0.25, 0.3) is 5.69 Å². The van der Waals surface area contributed by atoms with Crippen molar-refractivity contribution in [3.8, 4) is 11.6 Å². The molecule has 1 aliphatic rings. The number of aromatic nitrogens is 2. The second kappa shape index (κ2) is 8.78. The lowest BCUT2D eigenvalue weighted by Gasteiger charge is -2.26. The number of ether oxygens (including phenoxy) is 1. The van der Waals surface area contributed by atoms with Gasteiger partial charge in [-0.15, -0.1) is 5.10 Å². The van der Waals surface area contributed by atoms with E-state index in [0.717, 1.165) is 30.8 Å². The summed E-state index contributed by atoms with van der Waals surface area (Å²) in [5, 5.41) is 9.32. The molecule has 0 bridgehead atoms. The maximum Gasteiger partial charge on any atom is 0.233 e. The fourth-order valence-electron chi connectivity index (χ4n) is 3.81. The SMILES string of the molecule is CC(C)c1cc(OCCC2NCCc3ccccc32)nn1-c1ccc(Cl)c(Cl)c1. The van der Waals surface area contributed by atoms with Gasteiger partial charge in [0.25, 0.3) is 0 Å². The number of halogens is 2. The zero-order valence-electron chi connectivity index (χ0n) is 16.7. The van der Waals surface area contributed by atoms with Crippen molar-refractivity contribution in [1.29, 1.82) is 0 Å². The first kappa shape index (κ1) is 20.3. The molecule has 3 aromatic rings. The third-order valence-electron chi connectivity index (χ3n) is 5.33. The molecular formula is C23H25Cl2N3O. The lowest BCUT2D eigenvalue weighted by atomic mass is 9.93. The second-order valence-corrected chi connectivity index (χ2v) is 8.48. The molecule has 1 unspecified atom stereocenters. The molecule has 0 fully saturated rings. The molecule has 0 saturated heterocycles. The summed E-state index contributed by atoms with van der Waals surface area (Å²) in [6.45, 7) is 5.88. The maximum absolute atomic E-state index is 6.20. The molecule has 4 nitrogen and oxygen atoms in total. The number of hydrogen-bond acceptors (Lipinski definition) is 3. The van der Waals surface area contributed by atoms with Gasteiger partial charge in [0.2, 0.25) is 5.88 Å². The van der Waals surface area contributed by atoms with Gasteiger partial charge in [-0.25, -0.2) is 4.68 Å². The summed E-state index contributed by atoms with van der Waals surface area (Å²) in [7, 11) is 0. The number of hydrogen-bond donors (Lipinski definition) is 1. The third-order valence-corrected chi connectivity index (χ3v) is 6.06. The van der Waals surface area contributed by atoms with Gasteiger partial charge in [0.05, 0.1) is 28.0 Å². The van der Waals surface area contributed by atoms with Crippen molar-refractivity contribution in [3.63, 3.8) is 0 Å². The molecule has 0 radical (unpaired) electrons. The van der Waals surface area contributed by atoms with E-state index in [4.69, 9.17) is 27.9 Å². The number of nitrogens with one attached hydrogen (secondary N) is 1. The van der Waals surface area contributed by atoms with Crippen LogP contribution in [-0.2, 0) is 6.42 Å². The molecule has 6 heteroatoms. The van der Waals surface area contributed by atoms with E-state index < -0.39 is 0 Å². The van der Waals surface area contributed by atoms with Crippen molar-refractivity contribution in [2.45, 2.75) is 38.6 Å². The lowest BCUT2D eigenvalue weighted by Crippen LogP contribution is -2.30. The van der Waals surface area contributed by atoms with Crippen LogP contribution in [0.3, 0.4) is 0 Å². The monoisotopic (exact) mass is 429 g/mol. The van der Waals surface area contributed by atoms with E-state index in [1.54, 1.807) is 6.07 Å². The summed E-state index contributed by atoms with van der Waals surface area (Å²) in [4.78, 5) is 0. The Morgan fingerprint density at radius 2 is 1.97 bits per heavy atom. The summed E-state index contributed by atoms with van der Waals surface area (Å²) in [5.74, 6) is 0.921. The lowest BCUT2D eigenvalue weighted by molar-refractivity contribution is 0.273. The molecule has 0 amide bonds. The van der Waals surface area contributed by atoms with Crippen LogP contribution in [0.1, 0.15) is 49.0 Å². The van der Waals surface area contributed by atoms with Crippen LogP contribution in [0.5, 0.6) is 5.88 Å². The highest BCUT2D eigenvalue weighted by Crippen LogP contribution is 2.29. The van der Waals surface area contributed by atoms with E-state index in [1.165, 1.54) is 11.1 Å². The molecule has 2 aromatic carbocycles. The van der Waals surface area contributed by atoms with Crippen LogP contribution in [0, 0.1) is 0 Å². The van der Waals surface area contributed by atoms with Gasteiger partial charge in [0.1, 0.15) is 0 Å². The Morgan fingerprint density at radius 1 is 1.14 bits per heavy atom. The Hall–Kier alpha value is -2.01. The molecule has 0 spiro atoms. The average molecular weight is 430 g/mol. The minimum absolute atomic E-state index is 0.293. The Kier molecular flexibility index (Phi) is 6.14. The molecule has 29 heavy (non-hydrogen) atoms. The third kappa shape index (κ3) is 4.45. The molecule has 1 atom stereocenters. The Morgan fingerprint density at radius 3 is 2.76 bits per heavy atom.